The summed E-state index contributed by atoms with van der Waals surface area (Å²) >= 11 is 0. The van der Waals surface area contributed by atoms with Crippen LogP contribution in [0.15, 0.2) is 22.3 Å². The normalized spacial score (nSPS) is 18.4. The van der Waals surface area contributed by atoms with E-state index in [0.29, 0.717) is 12.8 Å². The molecule has 0 saturated carbocycles. The third-order valence-electron chi connectivity index (χ3n) is 4.03. The molecular formula is C13H25BN2. The van der Waals surface area contributed by atoms with E-state index in [-0.39, 0.29) is 0 Å². The van der Waals surface area contributed by atoms with Crippen LogP contribution in [0.2, 0.25) is 5.82 Å². The molecule has 0 heterocycles. The standard InChI is InChI=1S/C13H25BN2/c1-9-10(2)12(4)13(11(9)3)14(15(5)6)16(7)8/h13H,1-8H3. The first-order chi connectivity index (χ1) is 7.29. The molecule has 2 nitrogen and oxygen atoms in total. The van der Waals surface area contributed by atoms with Crippen molar-refractivity contribution in [1.29, 1.82) is 0 Å². The van der Waals surface area contributed by atoms with Crippen LogP contribution < -0.4 is 0 Å². The molecule has 0 radical (unpaired) electrons. The van der Waals surface area contributed by atoms with Crippen molar-refractivity contribution < 1.29 is 0 Å². The fraction of sp³-hybridized carbons (Fsp3) is 0.692. The van der Waals surface area contributed by atoms with Gasteiger partial charge in [-0.05, 0) is 67.0 Å². The molecule has 0 atom stereocenters. The van der Waals surface area contributed by atoms with Crippen LogP contribution in [0.5, 0.6) is 0 Å². The van der Waals surface area contributed by atoms with Gasteiger partial charge in [-0.25, -0.2) is 0 Å². The van der Waals surface area contributed by atoms with Gasteiger partial charge in [0.2, 0.25) is 0 Å². The first-order valence-corrected chi connectivity index (χ1v) is 5.97. The molecule has 0 fully saturated rings. The lowest BCUT2D eigenvalue weighted by molar-refractivity contribution is 0.506. The highest BCUT2D eigenvalue weighted by molar-refractivity contribution is 6.56. The van der Waals surface area contributed by atoms with Gasteiger partial charge in [0, 0.05) is 5.82 Å². The van der Waals surface area contributed by atoms with Gasteiger partial charge < -0.3 is 9.62 Å². The highest BCUT2D eigenvalue weighted by Gasteiger charge is 2.37. The molecule has 90 valence electrons. The molecule has 0 N–H and O–H groups in total. The van der Waals surface area contributed by atoms with E-state index >= 15 is 0 Å². The largest absolute Gasteiger partial charge is 0.333 e. The smallest absolute Gasteiger partial charge is 0.321 e. The molecule has 1 aliphatic rings. The van der Waals surface area contributed by atoms with Crippen molar-refractivity contribution in [2.45, 2.75) is 33.5 Å². The number of hydrogen-bond acceptors (Lipinski definition) is 2. The van der Waals surface area contributed by atoms with Crippen molar-refractivity contribution in [3.8, 4) is 0 Å². The van der Waals surface area contributed by atoms with Gasteiger partial charge in [0.15, 0.2) is 0 Å². The molecule has 3 heteroatoms. The molecule has 0 bridgehead atoms. The van der Waals surface area contributed by atoms with E-state index in [1.807, 2.05) is 0 Å². The Balaban J connectivity index is 3.14. The van der Waals surface area contributed by atoms with Crippen molar-refractivity contribution in [2.75, 3.05) is 28.2 Å². The van der Waals surface area contributed by atoms with Gasteiger partial charge in [0.25, 0.3) is 0 Å². The summed E-state index contributed by atoms with van der Waals surface area (Å²) in [5, 5.41) is 0. The molecule has 0 aromatic heterocycles. The van der Waals surface area contributed by atoms with Gasteiger partial charge in [0.1, 0.15) is 0 Å². The van der Waals surface area contributed by atoms with Crippen LogP contribution in [0.3, 0.4) is 0 Å². The quantitative estimate of drug-likeness (QED) is 0.674. The van der Waals surface area contributed by atoms with Gasteiger partial charge >= 0.3 is 6.98 Å². The SMILES string of the molecule is CC1=C(C)C(B(N(C)C)N(C)C)C(C)=C1C. The van der Waals surface area contributed by atoms with Crippen molar-refractivity contribution in [3.05, 3.63) is 22.3 Å². The second-order valence-corrected chi connectivity index (χ2v) is 5.43. The predicted molar refractivity (Wildman–Crippen MR) is 73.6 cm³/mol. The van der Waals surface area contributed by atoms with Crippen LogP contribution in [-0.4, -0.2) is 44.8 Å². The van der Waals surface area contributed by atoms with E-state index in [1.165, 1.54) is 22.3 Å². The predicted octanol–water partition coefficient (Wildman–Crippen LogP) is 2.65. The Hall–Kier alpha value is -0.535. The van der Waals surface area contributed by atoms with Crippen LogP contribution in [0.1, 0.15) is 27.7 Å². The van der Waals surface area contributed by atoms with Crippen molar-refractivity contribution in [3.63, 3.8) is 0 Å². The molecule has 1 rings (SSSR count). The lowest BCUT2D eigenvalue weighted by Gasteiger charge is -2.33. The Morgan fingerprint density at radius 3 is 1.31 bits per heavy atom. The van der Waals surface area contributed by atoms with Crippen LogP contribution in [-0.2, 0) is 0 Å². The average molecular weight is 220 g/mol. The number of hydrogen-bond donors (Lipinski definition) is 0. The fourth-order valence-corrected chi connectivity index (χ4v) is 2.89. The molecule has 0 saturated heterocycles. The molecule has 0 aromatic carbocycles. The van der Waals surface area contributed by atoms with E-state index in [2.05, 4.69) is 65.5 Å². The number of rotatable bonds is 3. The van der Waals surface area contributed by atoms with Crippen LogP contribution >= 0.6 is 0 Å². The zero-order valence-corrected chi connectivity index (χ0v) is 12.0. The Morgan fingerprint density at radius 1 is 0.750 bits per heavy atom. The summed E-state index contributed by atoms with van der Waals surface area (Å²) in [6.07, 6.45) is 0. The molecule has 16 heavy (non-hydrogen) atoms. The van der Waals surface area contributed by atoms with Crippen LogP contribution in [0.4, 0.5) is 0 Å². The summed E-state index contributed by atoms with van der Waals surface area (Å²) < 4.78 is 0. The number of nitrogens with zero attached hydrogens (tertiary/aromatic N) is 2. The molecular weight excluding hydrogens is 195 g/mol. The topological polar surface area (TPSA) is 6.48 Å². The summed E-state index contributed by atoms with van der Waals surface area (Å²) in [7, 11) is 8.64. The molecule has 0 unspecified atom stereocenters. The maximum absolute atomic E-state index is 2.31. The van der Waals surface area contributed by atoms with Crippen LogP contribution in [0.25, 0.3) is 0 Å². The van der Waals surface area contributed by atoms with Crippen molar-refractivity contribution >= 4 is 6.98 Å². The minimum atomic E-state index is 0.451. The lowest BCUT2D eigenvalue weighted by atomic mass is 9.55. The zero-order valence-electron chi connectivity index (χ0n) is 12.0. The highest BCUT2D eigenvalue weighted by atomic mass is 15.2. The first kappa shape index (κ1) is 13.5. The summed E-state index contributed by atoms with van der Waals surface area (Å²) in [4.78, 5) is 4.62. The van der Waals surface area contributed by atoms with Crippen molar-refractivity contribution in [1.82, 2.24) is 9.62 Å². The molecule has 0 spiro atoms. The first-order valence-electron chi connectivity index (χ1n) is 5.97. The maximum Gasteiger partial charge on any atom is 0.321 e. The Bertz CT molecular complexity index is 308. The third-order valence-corrected chi connectivity index (χ3v) is 4.03. The van der Waals surface area contributed by atoms with Gasteiger partial charge in [0.05, 0.1) is 0 Å². The highest BCUT2D eigenvalue weighted by Crippen LogP contribution is 2.43. The Kier molecular flexibility index (Phi) is 4.03. The summed E-state index contributed by atoms with van der Waals surface area (Å²) in [6.45, 7) is 9.50. The van der Waals surface area contributed by atoms with Gasteiger partial charge in [-0.2, -0.15) is 0 Å². The monoisotopic (exact) mass is 220 g/mol. The maximum atomic E-state index is 2.31. The van der Waals surface area contributed by atoms with Gasteiger partial charge in [-0.1, -0.05) is 11.1 Å². The molecule has 0 amide bonds. The Morgan fingerprint density at radius 2 is 1.06 bits per heavy atom. The third kappa shape index (κ3) is 2.11. The molecule has 1 aliphatic carbocycles. The number of allylic oxidation sites excluding steroid dienone is 4. The summed E-state index contributed by atoms with van der Waals surface area (Å²) in [5.41, 5.74) is 6.03. The minimum absolute atomic E-state index is 0.451. The summed E-state index contributed by atoms with van der Waals surface area (Å²) in [5.74, 6) is 0.546. The second-order valence-electron chi connectivity index (χ2n) is 5.43. The van der Waals surface area contributed by atoms with Crippen LogP contribution in [0, 0.1) is 0 Å². The van der Waals surface area contributed by atoms with E-state index in [0.717, 1.165) is 0 Å². The average Bonchev–Trinajstić information content (AvgIpc) is 2.34. The Labute approximate surface area is 101 Å². The van der Waals surface area contributed by atoms with E-state index in [1.54, 1.807) is 0 Å². The van der Waals surface area contributed by atoms with E-state index in [9.17, 15) is 0 Å². The van der Waals surface area contributed by atoms with Gasteiger partial charge in [-0.3, -0.25) is 0 Å². The molecule has 0 aromatic rings. The second kappa shape index (κ2) is 4.76. The fourth-order valence-electron chi connectivity index (χ4n) is 2.89. The zero-order chi connectivity index (χ0) is 12.6. The lowest BCUT2D eigenvalue weighted by Crippen LogP contribution is -2.49. The molecule has 0 aliphatic heterocycles. The van der Waals surface area contributed by atoms with E-state index in [4.69, 9.17) is 0 Å². The van der Waals surface area contributed by atoms with Gasteiger partial charge in [-0.15, -0.1) is 0 Å². The summed E-state index contributed by atoms with van der Waals surface area (Å²) in [6, 6.07) is 0. The minimum Gasteiger partial charge on any atom is -0.333 e. The van der Waals surface area contributed by atoms with Crippen molar-refractivity contribution in [2.24, 2.45) is 0 Å². The van der Waals surface area contributed by atoms with E-state index < -0.39 is 0 Å².